The van der Waals surface area contributed by atoms with Crippen LogP contribution in [0.2, 0.25) is 39.3 Å². The minimum absolute atomic E-state index is 0.00433. The Morgan fingerprint density at radius 3 is 1.07 bits per heavy atom. The van der Waals surface area contributed by atoms with Crippen molar-refractivity contribution in [3.8, 4) is 44.5 Å². The van der Waals surface area contributed by atoms with E-state index in [9.17, 15) is 0 Å². The van der Waals surface area contributed by atoms with Gasteiger partial charge in [-0.2, -0.15) is 0 Å². The lowest BCUT2D eigenvalue weighted by atomic mass is 9.81. The molecule has 0 nitrogen and oxygen atoms in total. The molecule has 0 amide bonds. The summed E-state index contributed by atoms with van der Waals surface area (Å²) in [5.74, 6) is 0. The van der Waals surface area contributed by atoms with Crippen LogP contribution in [0.15, 0.2) is 121 Å². The van der Waals surface area contributed by atoms with Crippen LogP contribution in [0.25, 0.3) is 76.8 Å². The van der Waals surface area contributed by atoms with Gasteiger partial charge in [0.25, 0.3) is 0 Å². The van der Waals surface area contributed by atoms with Crippen LogP contribution in [0.5, 0.6) is 0 Å². The van der Waals surface area contributed by atoms with Crippen molar-refractivity contribution in [2.45, 2.75) is 77.8 Å². The van der Waals surface area contributed by atoms with Crippen LogP contribution in [0.3, 0.4) is 0 Å². The van der Waals surface area contributed by atoms with E-state index in [1.54, 1.807) is 10.4 Å². The maximum absolute atomic E-state index is 2.59. The van der Waals surface area contributed by atoms with Gasteiger partial charge in [0, 0.05) is 10.8 Å². The van der Waals surface area contributed by atoms with Crippen molar-refractivity contribution < 1.29 is 0 Å². The van der Waals surface area contributed by atoms with Crippen LogP contribution in [-0.4, -0.2) is 16.1 Å². The third-order valence-corrected chi connectivity index (χ3v) is 17.4. The van der Waals surface area contributed by atoms with Crippen molar-refractivity contribution in [1.82, 2.24) is 0 Å². The Labute approximate surface area is 323 Å². The standard InChI is InChI=1S/C52H50Si2/c1-51(2)43-17-13-11-15-33(43)41-27-31(19-25-45(41)51)39-29-47(53(5,6)7)37-24-22-36-40(30-48(54(8,9)10)38-23-21-35(39)49(37)50(36)38)32-20-26-46-42(28-32)34-16-12-14-18-44(34)52(46,3)4/h11-30H,1-10H3. The molecule has 0 aromatic heterocycles. The summed E-state index contributed by atoms with van der Waals surface area (Å²) in [6, 6.07) is 47.8. The molecule has 0 heterocycles. The lowest BCUT2D eigenvalue weighted by Gasteiger charge is -2.28. The van der Waals surface area contributed by atoms with Gasteiger partial charge in [0.15, 0.2) is 0 Å². The predicted octanol–water partition coefficient (Wildman–Crippen LogP) is 13.6. The minimum atomic E-state index is -1.77. The van der Waals surface area contributed by atoms with Crippen LogP contribution >= 0.6 is 0 Å². The predicted molar refractivity (Wildman–Crippen MR) is 242 cm³/mol. The average Bonchev–Trinajstić information content (AvgIpc) is 3.51. The molecule has 54 heavy (non-hydrogen) atoms. The summed E-state index contributed by atoms with van der Waals surface area (Å²) >= 11 is 0. The zero-order valence-electron chi connectivity index (χ0n) is 33.5. The van der Waals surface area contributed by atoms with Crippen LogP contribution in [-0.2, 0) is 10.8 Å². The number of hydrogen-bond acceptors (Lipinski definition) is 0. The van der Waals surface area contributed by atoms with Crippen molar-refractivity contribution in [3.63, 3.8) is 0 Å². The molecule has 0 fully saturated rings. The summed E-state index contributed by atoms with van der Waals surface area (Å²) in [5, 5.41) is 11.7. The van der Waals surface area contributed by atoms with Gasteiger partial charge in [0.1, 0.15) is 0 Å². The fraction of sp³-hybridized carbons (Fsp3) is 0.231. The van der Waals surface area contributed by atoms with E-state index in [-0.39, 0.29) is 10.8 Å². The summed E-state index contributed by atoms with van der Waals surface area (Å²) in [6.07, 6.45) is 0. The first-order chi connectivity index (χ1) is 25.6. The third kappa shape index (κ3) is 4.53. The van der Waals surface area contributed by atoms with Crippen molar-refractivity contribution >= 4 is 58.8 Å². The van der Waals surface area contributed by atoms with Crippen molar-refractivity contribution in [2.24, 2.45) is 0 Å². The Kier molecular flexibility index (Phi) is 6.84. The highest BCUT2D eigenvalue weighted by molar-refractivity contribution is 6.91. The van der Waals surface area contributed by atoms with E-state index in [2.05, 4.69) is 188 Å². The van der Waals surface area contributed by atoms with E-state index in [0.29, 0.717) is 0 Å². The van der Waals surface area contributed by atoms with E-state index in [0.717, 1.165) is 0 Å². The highest BCUT2D eigenvalue weighted by Gasteiger charge is 2.37. The number of rotatable bonds is 4. The van der Waals surface area contributed by atoms with E-state index in [4.69, 9.17) is 0 Å². The first-order valence-electron chi connectivity index (χ1n) is 19.9. The van der Waals surface area contributed by atoms with Gasteiger partial charge < -0.3 is 0 Å². The number of benzene rings is 8. The first-order valence-corrected chi connectivity index (χ1v) is 26.9. The Bertz CT molecular complexity index is 2690. The van der Waals surface area contributed by atoms with E-state index in [1.807, 2.05) is 0 Å². The van der Waals surface area contributed by atoms with Gasteiger partial charge in [-0.15, -0.1) is 0 Å². The fourth-order valence-corrected chi connectivity index (χ4v) is 13.7. The van der Waals surface area contributed by atoms with Crippen molar-refractivity contribution in [3.05, 3.63) is 144 Å². The zero-order chi connectivity index (χ0) is 37.7. The molecule has 266 valence electrons. The van der Waals surface area contributed by atoms with E-state index < -0.39 is 16.1 Å². The third-order valence-electron chi connectivity index (χ3n) is 13.3. The van der Waals surface area contributed by atoms with Crippen LogP contribution in [0, 0.1) is 0 Å². The summed E-state index contributed by atoms with van der Waals surface area (Å²) < 4.78 is 0. The molecule has 0 saturated heterocycles. The van der Waals surface area contributed by atoms with Gasteiger partial charge in [-0.05, 0) is 111 Å². The number of fused-ring (bicyclic) bond motifs is 6. The van der Waals surface area contributed by atoms with Crippen LogP contribution in [0.1, 0.15) is 49.9 Å². The molecule has 8 aromatic rings. The molecule has 10 rings (SSSR count). The molecule has 2 aliphatic rings. The normalized spacial score (nSPS) is 15.5. The minimum Gasteiger partial charge on any atom is -0.0656 e. The van der Waals surface area contributed by atoms with Crippen LogP contribution in [0.4, 0.5) is 0 Å². The van der Waals surface area contributed by atoms with E-state index >= 15 is 0 Å². The number of hydrogen-bond donors (Lipinski definition) is 0. The van der Waals surface area contributed by atoms with Gasteiger partial charge in [0.05, 0.1) is 16.1 Å². The topological polar surface area (TPSA) is 0 Å². The second-order valence-electron chi connectivity index (χ2n) is 19.4. The molecule has 0 unspecified atom stereocenters. The molecule has 0 spiro atoms. The Hall–Kier alpha value is -4.77. The highest BCUT2D eigenvalue weighted by Crippen LogP contribution is 2.52. The Morgan fingerprint density at radius 1 is 0.333 bits per heavy atom. The smallest absolute Gasteiger partial charge is 0.0656 e. The quantitative estimate of drug-likeness (QED) is 0.125. The molecule has 8 aromatic carbocycles. The Balaban J connectivity index is 1.29. The highest BCUT2D eigenvalue weighted by atomic mass is 28.3. The van der Waals surface area contributed by atoms with Gasteiger partial charge in [-0.1, -0.05) is 187 Å². The van der Waals surface area contributed by atoms with Crippen molar-refractivity contribution in [1.29, 1.82) is 0 Å². The first kappa shape index (κ1) is 33.8. The zero-order valence-corrected chi connectivity index (χ0v) is 35.5. The van der Waals surface area contributed by atoms with Crippen molar-refractivity contribution in [2.75, 3.05) is 0 Å². The largest absolute Gasteiger partial charge is 0.0784 e. The molecular weight excluding hydrogens is 681 g/mol. The maximum Gasteiger partial charge on any atom is 0.0784 e. The molecule has 0 atom stereocenters. The Morgan fingerprint density at radius 2 is 0.685 bits per heavy atom. The molecule has 2 aliphatic carbocycles. The lowest BCUT2D eigenvalue weighted by molar-refractivity contribution is 0.660. The maximum atomic E-state index is 2.59. The lowest BCUT2D eigenvalue weighted by Crippen LogP contribution is -2.39. The molecule has 0 bridgehead atoms. The summed E-state index contributed by atoms with van der Waals surface area (Å²) in [5.41, 5.74) is 16.6. The summed E-state index contributed by atoms with van der Waals surface area (Å²) in [7, 11) is -3.54. The SMILES string of the molecule is CC1(C)c2ccccc2-c2cc(-c3cc([Si](C)(C)C)c4ccc5c(-c6ccc7c(c6)-c6ccccc6C7(C)C)cc([Si](C)(C)C)c6ccc3c4c56)ccc21. The molecule has 0 N–H and O–H groups in total. The molecule has 0 radical (unpaired) electrons. The van der Waals surface area contributed by atoms with Gasteiger partial charge in [0.2, 0.25) is 0 Å². The second kappa shape index (κ2) is 10.9. The molecule has 2 heteroatoms. The second-order valence-corrected chi connectivity index (χ2v) is 29.5. The van der Waals surface area contributed by atoms with Crippen LogP contribution < -0.4 is 10.4 Å². The fourth-order valence-electron chi connectivity index (χ4n) is 10.5. The van der Waals surface area contributed by atoms with Gasteiger partial charge >= 0.3 is 0 Å². The van der Waals surface area contributed by atoms with Gasteiger partial charge in [-0.3, -0.25) is 0 Å². The molecular formula is C52H50Si2. The average molecular weight is 731 g/mol. The van der Waals surface area contributed by atoms with Gasteiger partial charge in [-0.25, -0.2) is 0 Å². The summed E-state index contributed by atoms with van der Waals surface area (Å²) in [4.78, 5) is 0. The summed E-state index contributed by atoms with van der Waals surface area (Å²) in [6.45, 7) is 24.6. The molecule has 0 saturated carbocycles. The monoisotopic (exact) mass is 730 g/mol. The molecule has 0 aliphatic heterocycles. The van der Waals surface area contributed by atoms with E-state index in [1.165, 1.54) is 99.1 Å².